The number of carbonyl (C=O) groups excluding carboxylic acids is 1. The number of hydrogen-bond donors (Lipinski definition) is 0. The number of hydrogen-bond acceptors (Lipinski definition) is 4. The van der Waals surface area contributed by atoms with E-state index in [4.69, 9.17) is 4.74 Å². The summed E-state index contributed by atoms with van der Waals surface area (Å²) in [4.78, 5) is 23.1. The van der Waals surface area contributed by atoms with Crippen LogP contribution < -0.4 is 0 Å². The van der Waals surface area contributed by atoms with Gasteiger partial charge in [-0.05, 0) is 25.2 Å². The number of fused-ring (bicyclic) bond motifs is 3. The van der Waals surface area contributed by atoms with Crippen LogP contribution in [0, 0.1) is 21.4 Å². The molecule has 5 nitrogen and oxygen atoms in total. The SMILES string of the molecule is CCC(C)(C)C(=O)C1OC2CCC1CC2[N+](=O)[O-]. The van der Waals surface area contributed by atoms with Gasteiger partial charge < -0.3 is 4.74 Å². The second-order valence-corrected chi connectivity index (χ2v) is 6.12. The Kier molecular flexibility index (Phi) is 3.45. The molecule has 4 atom stereocenters. The quantitative estimate of drug-likeness (QED) is 0.570. The lowest BCUT2D eigenvalue weighted by molar-refractivity contribution is -0.548. The zero-order chi connectivity index (χ0) is 13.5. The van der Waals surface area contributed by atoms with Crippen molar-refractivity contribution in [2.75, 3.05) is 0 Å². The van der Waals surface area contributed by atoms with Crippen molar-refractivity contribution < 1.29 is 14.5 Å². The molecule has 18 heavy (non-hydrogen) atoms. The summed E-state index contributed by atoms with van der Waals surface area (Å²) < 4.78 is 5.72. The highest BCUT2D eigenvalue weighted by atomic mass is 16.6. The van der Waals surface area contributed by atoms with Gasteiger partial charge in [0.05, 0.1) is 0 Å². The standard InChI is InChI=1S/C13H21NO4/c1-4-13(2,3)12(15)11-8-5-6-10(18-11)9(7-8)14(16)17/h8-11H,4-7H2,1-3H3. The van der Waals surface area contributed by atoms with Crippen LogP contribution in [0.15, 0.2) is 0 Å². The normalized spacial score (nSPS) is 35.5. The highest BCUT2D eigenvalue weighted by Gasteiger charge is 2.52. The molecule has 2 aliphatic heterocycles. The lowest BCUT2D eigenvalue weighted by Crippen LogP contribution is -2.56. The molecule has 2 heterocycles. The lowest BCUT2D eigenvalue weighted by atomic mass is 9.71. The summed E-state index contributed by atoms with van der Waals surface area (Å²) in [5.41, 5.74) is -0.397. The second kappa shape index (κ2) is 4.61. The maximum absolute atomic E-state index is 12.4. The summed E-state index contributed by atoms with van der Waals surface area (Å²) in [6.45, 7) is 5.83. The van der Waals surface area contributed by atoms with Crippen molar-refractivity contribution in [3.8, 4) is 0 Å². The van der Waals surface area contributed by atoms with Crippen LogP contribution in [-0.2, 0) is 9.53 Å². The second-order valence-electron chi connectivity index (χ2n) is 6.12. The number of nitrogens with zero attached hydrogens (tertiary/aromatic N) is 1. The van der Waals surface area contributed by atoms with E-state index in [1.54, 1.807) is 0 Å². The molecule has 5 heteroatoms. The summed E-state index contributed by atoms with van der Waals surface area (Å²) in [6, 6.07) is -0.613. The largest absolute Gasteiger partial charge is 0.360 e. The number of nitro groups is 1. The van der Waals surface area contributed by atoms with E-state index < -0.39 is 17.6 Å². The van der Waals surface area contributed by atoms with Gasteiger partial charge in [-0.1, -0.05) is 20.8 Å². The molecule has 2 saturated heterocycles. The van der Waals surface area contributed by atoms with Gasteiger partial charge in [-0.2, -0.15) is 0 Å². The Labute approximate surface area is 107 Å². The van der Waals surface area contributed by atoms with Crippen molar-refractivity contribution in [2.24, 2.45) is 11.3 Å². The monoisotopic (exact) mass is 255 g/mol. The van der Waals surface area contributed by atoms with Crippen LogP contribution in [0.2, 0.25) is 0 Å². The summed E-state index contributed by atoms with van der Waals surface area (Å²) in [5.74, 6) is 0.144. The molecule has 0 aromatic rings. The first kappa shape index (κ1) is 13.5. The molecule has 3 aliphatic rings. The molecule has 2 bridgehead atoms. The van der Waals surface area contributed by atoms with Crippen LogP contribution in [0.25, 0.3) is 0 Å². The average molecular weight is 255 g/mol. The average Bonchev–Trinajstić information content (AvgIpc) is 2.38. The maximum Gasteiger partial charge on any atom is 0.239 e. The smallest absolute Gasteiger partial charge is 0.239 e. The van der Waals surface area contributed by atoms with E-state index in [1.807, 2.05) is 20.8 Å². The van der Waals surface area contributed by atoms with Gasteiger partial charge in [0.25, 0.3) is 0 Å². The first-order chi connectivity index (χ1) is 8.36. The van der Waals surface area contributed by atoms with Gasteiger partial charge in [0.1, 0.15) is 12.2 Å². The number of ketones is 1. The van der Waals surface area contributed by atoms with Crippen molar-refractivity contribution >= 4 is 5.78 Å². The van der Waals surface area contributed by atoms with Crippen LogP contribution in [-0.4, -0.2) is 29.0 Å². The Morgan fingerprint density at radius 2 is 2.11 bits per heavy atom. The van der Waals surface area contributed by atoms with Gasteiger partial charge in [-0.15, -0.1) is 0 Å². The molecular formula is C13H21NO4. The molecular weight excluding hydrogens is 234 g/mol. The summed E-state index contributed by atoms with van der Waals surface area (Å²) in [6.07, 6.45) is 2.06. The zero-order valence-electron chi connectivity index (χ0n) is 11.2. The zero-order valence-corrected chi connectivity index (χ0v) is 11.2. The summed E-state index contributed by atoms with van der Waals surface area (Å²) >= 11 is 0. The molecule has 0 radical (unpaired) electrons. The summed E-state index contributed by atoms with van der Waals surface area (Å²) in [5, 5.41) is 10.9. The molecule has 0 amide bonds. The lowest BCUT2D eigenvalue weighted by Gasteiger charge is -2.44. The Morgan fingerprint density at radius 3 is 2.56 bits per heavy atom. The van der Waals surface area contributed by atoms with E-state index >= 15 is 0 Å². The van der Waals surface area contributed by atoms with E-state index in [0.29, 0.717) is 12.8 Å². The van der Waals surface area contributed by atoms with Crippen molar-refractivity contribution in [1.82, 2.24) is 0 Å². The third-order valence-corrected chi connectivity index (χ3v) is 4.63. The number of rotatable bonds is 4. The van der Waals surface area contributed by atoms with Gasteiger partial charge in [0.2, 0.25) is 6.04 Å². The number of carbonyl (C=O) groups is 1. The van der Waals surface area contributed by atoms with E-state index in [9.17, 15) is 14.9 Å². The van der Waals surface area contributed by atoms with Crippen LogP contribution in [0.1, 0.15) is 46.5 Å². The molecule has 4 unspecified atom stereocenters. The maximum atomic E-state index is 12.4. The molecule has 0 spiro atoms. The van der Waals surface area contributed by atoms with Crippen LogP contribution in [0.3, 0.4) is 0 Å². The number of Topliss-reactive ketones (excluding diaryl/α,β-unsaturated/α-hetero) is 1. The van der Waals surface area contributed by atoms with Crippen molar-refractivity contribution in [3.63, 3.8) is 0 Å². The molecule has 102 valence electrons. The minimum absolute atomic E-state index is 0.0312. The van der Waals surface area contributed by atoms with E-state index in [-0.39, 0.29) is 22.7 Å². The van der Waals surface area contributed by atoms with Gasteiger partial charge >= 0.3 is 0 Å². The molecule has 1 aliphatic carbocycles. The molecule has 3 rings (SSSR count). The van der Waals surface area contributed by atoms with Crippen LogP contribution >= 0.6 is 0 Å². The fourth-order valence-corrected chi connectivity index (χ4v) is 2.94. The minimum Gasteiger partial charge on any atom is -0.360 e. The van der Waals surface area contributed by atoms with Gasteiger partial charge in [-0.3, -0.25) is 14.9 Å². The van der Waals surface area contributed by atoms with Gasteiger partial charge in [-0.25, -0.2) is 0 Å². The Morgan fingerprint density at radius 1 is 1.44 bits per heavy atom. The first-order valence-corrected chi connectivity index (χ1v) is 6.70. The van der Waals surface area contributed by atoms with Crippen LogP contribution in [0.5, 0.6) is 0 Å². The summed E-state index contributed by atoms with van der Waals surface area (Å²) in [7, 11) is 0. The Hall–Kier alpha value is -0.970. The predicted octanol–water partition coefficient (Wildman–Crippen LogP) is 2.20. The predicted molar refractivity (Wildman–Crippen MR) is 65.9 cm³/mol. The molecule has 0 aromatic carbocycles. The Balaban J connectivity index is 2.12. The first-order valence-electron chi connectivity index (χ1n) is 6.70. The van der Waals surface area contributed by atoms with Gasteiger partial charge in [0, 0.05) is 16.8 Å². The molecule has 1 saturated carbocycles. The third kappa shape index (κ3) is 2.16. The topological polar surface area (TPSA) is 69.4 Å². The van der Waals surface area contributed by atoms with Crippen LogP contribution in [0.4, 0.5) is 0 Å². The fourth-order valence-electron chi connectivity index (χ4n) is 2.94. The highest BCUT2D eigenvalue weighted by Crippen LogP contribution is 2.41. The van der Waals surface area contributed by atoms with E-state index in [2.05, 4.69) is 0 Å². The van der Waals surface area contributed by atoms with E-state index in [1.165, 1.54) is 0 Å². The minimum atomic E-state index is -0.613. The van der Waals surface area contributed by atoms with E-state index in [0.717, 1.165) is 12.8 Å². The van der Waals surface area contributed by atoms with Crippen molar-refractivity contribution in [2.45, 2.75) is 64.7 Å². The highest BCUT2D eigenvalue weighted by molar-refractivity contribution is 5.88. The van der Waals surface area contributed by atoms with Crippen molar-refractivity contribution in [3.05, 3.63) is 10.1 Å². The molecule has 0 N–H and O–H groups in total. The van der Waals surface area contributed by atoms with Gasteiger partial charge in [0.15, 0.2) is 5.78 Å². The Bertz CT molecular complexity index is 366. The number of ether oxygens (including phenoxy) is 1. The molecule has 3 fully saturated rings. The van der Waals surface area contributed by atoms with Crippen molar-refractivity contribution in [1.29, 1.82) is 0 Å². The fraction of sp³-hybridized carbons (Fsp3) is 0.923. The molecule has 0 aromatic heterocycles. The third-order valence-electron chi connectivity index (χ3n) is 4.63.